The molecule has 7 nitrogen and oxygen atoms in total. The second kappa shape index (κ2) is 8.47. The fourth-order valence-electron chi connectivity index (χ4n) is 2.85. The topological polar surface area (TPSA) is 95.0 Å². The standard InChI is InChI=1S/C14H26N2O5S/c1-3-8-15(11-14(18)19)22(20,21)10-7-13-6-4-5-9-16(13)12(2)17/h13H,3-11H2,1-2H3,(H,18,19). The molecule has 1 aliphatic heterocycles. The molecule has 0 radical (unpaired) electrons. The number of carbonyl (C=O) groups is 2. The predicted molar refractivity (Wildman–Crippen MR) is 82.9 cm³/mol. The van der Waals surface area contributed by atoms with Crippen LogP contribution in [-0.2, 0) is 19.6 Å². The van der Waals surface area contributed by atoms with Crippen LogP contribution in [0.5, 0.6) is 0 Å². The first-order chi connectivity index (χ1) is 10.3. The van der Waals surface area contributed by atoms with E-state index in [1.165, 1.54) is 6.92 Å². The normalized spacial score (nSPS) is 19.4. The largest absolute Gasteiger partial charge is 0.480 e. The number of aliphatic carboxylic acids is 1. The van der Waals surface area contributed by atoms with Crippen molar-refractivity contribution >= 4 is 21.9 Å². The first kappa shape index (κ1) is 18.9. The Morgan fingerprint density at radius 3 is 2.55 bits per heavy atom. The minimum absolute atomic E-state index is 0.0296. The second-order valence-corrected chi connectivity index (χ2v) is 7.78. The molecule has 0 aromatic carbocycles. The molecule has 22 heavy (non-hydrogen) atoms. The molecule has 1 amide bonds. The van der Waals surface area contributed by atoms with E-state index >= 15 is 0 Å². The summed E-state index contributed by atoms with van der Waals surface area (Å²) in [7, 11) is -3.61. The molecule has 0 spiro atoms. The average Bonchev–Trinajstić information content (AvgIpc) is 2.44. The van der Waals surface area contributed by atoms with Crippen LogP contribution < -0.4 is 0 Å². The quantitative estimate of drug-likeness (QED) is 0.712. The zero-order chi connectivity index (χ0) is 16.8. The van der Waals surface area contributed by atoms with E-state index < -0.39 is 22.5 Å². The summed E-state index contributed by atoms with van der Waals surface area (Å²) in [6, 6.07) is -0.0608. The summed E-state index contributed by atoms with van der Waals surface area (Å²) in [4.78, 5) is 24.2. The lowest BCUT2D eigenvalue weighted by Crippen LogP contribution is -2.45. The van der Waals surface area contributed by atoms with Gasteiger partial charge in [0.2, 0.25) is 15.9 Å². The van der Waals surface area contributed by atoms with Gasteiger partial charge in [0.15, 0.2) is 0 Å². The number of rotatable bonds is 8. The van der Waals surface area contributed by atoms with Crippen LogP contribution >= 0.6 is 0 Å². The number of piperidine rings is 1. The molecular weight excluding hydrogens is 308 g/mol. The van der Waals surface area contributed by atoms with E-state index in [9.17, 15) is 18.0 Å². The summed E-state index contributed by atoms with van der Waals surface area (Å²) in [5.41, 5.74) is 0. The lowest BCUT2D eigenvalue weighted by molar-refractivity contribution is -0.137. The van der Waals surface area contributed by atoms with Crippen molar-refractivity contribution in [3.05, 3.63) is 0 Å². The van der Waals surface area contributed by atoms with Crippen molar-refractivity contribution < 1.29 is 23.1 Å². The molecule has 1 fully saturated rings. The summed E-state index contributed by atoms with van der Waals surface area (Å²) in [6.07, 6.45) is 3.67. The summed E-state index contributed by atoms with van der Waals surface area (Å²) in [5.74, 6) is -1.30. The van der Waals surface area contributed by atoms with Gasteiger partial charge in [-0.25, -0.2) is 8.42 Å². The zero-order valence-electron chi connectivity index (χ0n) is 13.3. The van der Waals surface area contributed by atoms with Crippen LogP contribution in [0.2, 0.25) is 0 Å². The lowest BCUT2D eigenvalue weighted by Gasteiger charge is -2.35. The molecule has 1 N–H and O–H groups in total. The van der Waals surface area contributed by atoms with Gasteiger partial charge in [-0.15, -0.1) is 0 Å². The summed E-state index contributed by atoms with van der Waals surface area (Å²) >= 11 is 0. The van der Waals surface area contributed by atoms with Gasteiger partial charge < -0.3 is 10.0 Å². The van der Waals surface area contributed by atoms with Gasteiger partial charge in [0, 0.05) is 26.1 Å². The van der Waals surface area contributed by atoms with E-state index in [0.29, 0.717) is 19.4 Å². The molecule has 128 valence electrons. The van der Waals surface area contributed by atoms with Crippen LogP contribution in [0, 0.1) is 0 Å². The maximum atomic E-state index is 12.3. The maximum absolute atomic E-state index is 12.3. The fraction of sp³-hybridized carbons (Fsp3) is 0.857. The molecule has 0 aromatic rings. The van der Waals surface area contributed by atoms with Crippen LogP contribution in [0.1, 0.15) is 46.0 Å². The first-order valence-corrected chi connectivity index (χ1v) is 9.35. The Hall–Kier alpha value is -1.15. The Balaban J connectivity index is 2.69. The highest BCUT2D eigenvalue weighted by Gasteiger charge is 2.29. The van der Waals surface area contributed by atoms with Crippen LogP contribution in [-0.4, -0.2) is 66.0 Å². The van der Waals surface area contributed by atoms with E-state index in [1.807, 2.05) is 6.92 Å². The van der Waals surface area contributed by atoms with Crippen molar-refractivity contribution in [3.63, 3.8) is 0 Å². The number of sulfonamides is 1. The van der Waals surface area contributed by atoms with Gasteiger partial charge in [-0.3, -0.25) is 9.59 Å². The minimum Gasteiger partial charge on any atom is -0.480 e. The molecule has 1 unspecified atom stereocenters. The SMILES string of the molecule is CCCN(CC(=O)O)S(=O)(=O)CCC1CCCCN1C(C)=O. The number of carboxylic acids is 1. The van der Waals surface area contributed by atoms with Crippen molar-refractivity contribution in [1.29, 1.82) is 0 Å². The second-order valence-electron chi connectivity index (χ2n) is 5.69. The molecule has 1 heterocycles. The van der Waals surface area contributed by atoms with Crippen molar-refractivity contribution in [2.24, 2.45) is 0 Å². The van der Waals surface area contributed by atoms with Crippen molar-refractivity contribution in [2.45, 2.75) is 52.0 Å². The number of hydrogen-bond donors (Lipinski definition) is 1. The lowest BCUT2D eigenvalue weighted by atomic mass is 10.00. The molecule has 1 aliphatic rings. The zero-order valence-corrected chi connectivity index (χ0v) is 14.1. The molecular formula is C14H26N2O5S. The van der Waals surface area contributed by atoms with Gasteiger partial charge in [-0.1, -0.05) is 6.92 Å². The number of carbonyl (C=O) groups excluding carboxylic acids is 1. The number of carboxylic acid groups (broad SMARTS) is 1. The van der Waals surface area contributed by atoms with E-state index in [-0.39, 0.29) is 24.2 Å². The Bertz CT molecular complexity index is 491. The Morgan fingerprint density at radius 2 is 2.00 bits per heavy atom. The van der Waals surface area contributed by atoms with E-state index in [0.717, 1.165) is 23.6 Å². The van der Waals surface area contributed by atoms with Gasteiger partial charge in [-0.2, -0.15) is 4.31 Å². The third kappa shape index (κ3) is 5.57. The Morgan fingerprint density at radius 1 is 1.32 bits per heavy atom. The maximum Gasteiger partial charge on any atom is 0.318 e. The minimum atomic E-state index is -3.61. The van der Waals surface area contributed by atoms with Gasteiger partial charge >= 0.3 is 5.97 Å². The van der Waals surface area contributed by atoms with Gasteiger partial charge in [0.05, 0.1) is 5.75 Å². The van der Waals surface area contributed by atoms with Gasteiger partial charge in [0.1, 0.15) is 6.54 Å². The summed E-state index contributed by atoms with van der Waals surface area (Å²) < 4.78 is 25.7. The average molecular weight is 334 g/mol. The van der Waals surface area contributed by atoms with Crippen molar-refractivity contribution in [1.82, 2.24) is 9.21 Å². The van der Waals surface area contributed by atoms with Gasteiger partial charge in [-0.05, 0) is 32.1 Å². The van der Waals surface area contributed by atoms with Crippen molar-refractivity contribution in [3.8, 4) is 0 Å². The third-order valence-electron chi connectivity index (χ3n) is 3.92. The van der Waals surface area contributed by atoms with E-state index in [2.05, 4.69) is 0 Å². The van der Waals surface area contributed by atoms with E-state index in [1.54, 1.807) is 4.90 Å². The predicted octanol–water partition coefficient (Wildman–Crippen LogP) is 0.904. The molecule has 1 rings (SSSR count). The highest BCUT2D eigenvalue weighted by atomic mass is 32.2. The highest BCUT2D eigenvalue weighted by Crippen LogP contribution is 2.21. The van der Waals surface area contributed by atoms with E-state index in [4.69, 9.17) is 5.11 Å². The molecule has 8 heteroatoms. The Labute approximate surface area is 132 Å². The molecule has 0 aliphatic carbocycles. The number of nitrogens with zero attached hydrogens (tertiary/aromatic N) is 2. The highest BCUT2D eigenvalue weighted by molar-refractivity contribution is 7.89. The molecule has 1 atom stereocenters. The molecule has 0 aromatic heterocycles. The van der Waals surface area contributed by atoms with Gasteiger partial charge in [0.25, 0.3) is 0 Å². The Kier molecular flexibility index (Phi) is 7.28. The monoisotopic (exact) mass is 334 g/mol. The smallest absolute Gasteiger partial charge is 0.318 e. The fourth-order valence-corrected chi connectivity index (χ4v) is 4.44. The third-order valence-corrected chi connectivity index (χ3v) is 5.77. The van der Waals surface area contributed by atoms with Crippen molar-refractivity contribution in [2.75, 3.05) is 25.4 Å². The number of likely N-dealkylation sites (tertiary alicyclic amines) is 1. The molecule has 0 saturated carbocycles. The van der Waals surface area contributed by atoms with Crippen LogP contribution in [0.15, 0.2) is 0 Å². The molecule has 1 saturated heterocycles. The van der Waals surface area contributed by atoms with Crippen LogP contribution in [0.4, 0.5) is 0 Å². The molecule has 0 bridgehead atoms. The van der Waals surface area contributed by atoms with Crippen LogP contribution in [0.25, 0.3) is 0 Å². The number of amides is 1. The first-order valence-electron chi connectivity index (χ1n) is 7.74. The number of hydrogen-bond acceptors (Lipinski definition) is 4. The summed E-state index contributed by atoms with van der Waals surface area (Å²) in [6.45, 7) is 3.68. The summed E-state index contributed by atoms with van der Waals surface area (Å²) in [5, 5.41) is 8.85. The van der Waals surface area contributed by atoms with Crippen LogP contribution in [0.3, 0.4) is 0 Å².